The number of hydrogen-bond acceptors (Lipinski definition) is 2. The number of hydrogen-bond donors (Lipinski definition) is 2. The Hall–Kier alpha value is -0.0800. The molecule has 12 heavy (non-hydrogen) atoms. The van der Waals surface area contributed by atoms with Crippen LogP contribution < -0.4 is 11.1 Å². The minimum atomic E-state index is 0.198. The van der Waals surface area contributed by atoms with Gasteiger partial charge in [-0.25, -0.2) is 0 Å². The molecule has 0 radical (unpaired) electrons. The molecule has 2 nitrogen and oxygen atoms in total. The van der Waals surface area contributed by atoms with E-state index in [9.17, 15) is 0 Å². The van der Waals surface area contributed by atoms with Gasteiger partial charge in [0.25, 0.3) is 0 Å². The molecule has 2 heteroatoms. The average molecular weight is 172 g/mol. The van der Waals surface area contributed by atoms with E-state index in [1.165, 1.54) is 12.8 Å². The van der Waals surface area contributed by atoms with Gasteiger partial charge in [-0.3, -0.25) is 0 Å². The highest BCUT2D eigenvalue weighted by Gasteiger charge is 2.10. The molecule has 0 saturated carbocycles. The van der Waals surface area contributed by atoms with Crippen LogP contribution in [0.4, 0.5) is 0 Å². The molecule has 0 rings (SSSR count). The maximum atomic E-state index is 5.90. The number of rotatable bonds is 5. The summed E-state index contributed by atoms with van der Waals surface area (Å²) in [7, 11) is 0. The zero-order valence-electron chi connectivity index (χ0n) is 8.98. The molecule has 74 valence electrons. The van der Waals surface area contributed by atoms with Crippen molar-refractivity contribution in [3.8, 4) is 0 Å². The fraction of sp³-hybridized carbons (Fsp3) is 1.00. The predicted molar refractivity (Wildman–Crippen MR) is 55.3 cm³/mol. The third-order valence-electron chi connectivity index (χ3n) is 1.82. The highest BCUT2D eigenvalue weighted by molar-refractivity contribution is 4.74. The Morgan fingerprint density at radius 2 is 1.92 bits per heavy atom. The number of nitrogens with one attached hydrogen (secondary N) is 1. The lowest BCUT2D eigenvalue weighted by molar-refractivity contribution is 0.395. The maximum absolute atomic E-state index is 5.90. The van der Waals surface area contributed by atoms with E-state index >= 15 is 0 Å². The van der Waals surface area contributed by atoms with Crippen LogP contribution in [-0.4, -0.2) is 18.1 Å². The maximum Gasteiger partial charge on any atom is 0.0165 e. The summed E-state index contributed by atoms with van der Waals surface area (Å²) < 4.78 is 0. The standard InChI is InChI=1S/C10H24N2/c1-5-6-7-9(11)8-12-10(2,3)4/h9,12H,5-8,11H2,1-4H3. The Bertz CT molecular complexity index is 105. The van der Waals surface area contributed by atoms with Crippen LogP contribution in [0.1, 0.15) is 47.0 Å². The summed E-state index contributed by atoms with van der Waals surface area (Å²) in [6, 6.07) is 0.323. The number of nitrogens with two attached hydrogens (primary N) is 1. The molecule has 0 aliphatic heterocycles. The van der Waals surface area contributed by atoms with E-state index in [2.05, 4.69) is 33.0 Å². The van der Waals surface area contributed by atoms with Crippen molar-refractivity contribution in [3.63, 3.8) is 0 Å². The fourth-order valence-electron chi connectivity index (χ4n) is 1.01. The lowest BCUT2D eigenvalue weighted by Gasteiger charge is -2.23. The van der Waals surface area contributed by atoms with Crippen molar-refractivity contribution < 1.29 is 0 Å². The molecule has 0 heterocycles. The van der Waals surface area contributed by atoms with E-state index in [1.807, 2.05) is 0 Å². The summed E-state index contributed by atoms with van der Waals surface area (Å²) in [4.78, 5) is 0. The summed E-state index contributed by atoms with van der Waals surface area (Å²) in [5, 5.41) is 3.41. The van der Waals surface area contributed by atoms with Gasteiger partial charge >= 0.3 is 0 Å². The second-order valence-electron chi connectivity index (χ2n) is 4.53. The average Bonchev–Trinajstić information content (AvgIpc) is 1.95. The molecule has 0 saturated heterocycles. The van der Waals surface area contributed by atoms with Gasteiger partial charge in [0, 0.05) is 18.1 Å². The first-order valence-electron chi connectivity index (χ1n) is 4.96. The summed E-state index contributed by atoms with van der Waals surface area (Å²) in [5.74, 6) is 0. The summed E-state index contributed by atoms with van der Waals surface area (Å²) >= 11 is 0. The molecule has 0 spiro atoms. The summed E-state index contributed by atoms with van der Waals surface area (Å²) in [6.07, 6.45) is 3.62. The minimum Gasteiger partial charge on any atom is -0.327 e. The van der Waals surface area contributed by atoms with Crippen LogP contribution in [0.25, 0.3) is 0 Å². The fourth-order valence-corrected chi connectivity index (χ4v) is 1.01. The zero-order chi connectivity index (χ0) is 9.61. The van der Waals surface area contributed by atoms with Gasteiger partial charge < -0.3 is 11.1 Å². The molecule has 0 fully saturated rings. The van der Waals surface area contributed by atoms with Crippen LogP contribution in [0, 0.1) is 0 Å². The van der Waals surface area contributed by atoms with Gasteiger partial charge in [-0.2, -0.15) is 0 Å². The molecule has 0 aliphatic rings. The van der Waals surface area contributed by atoms with Gasteiger partial charge in [-0.05, 0) is 27.2 Å². The molecule has 0 aromatic carbocycles. The van der Waals surface area contributed by atoms with Crippen LogP contribution >= 0.6 is 0 Å². The van der Waals surface area contributed by atoms with E-state index < -0.39 is 0 Å². The van der Waals surface area contributed by atoms with Gasteiger partial charge in [-0.1, -0.05) is 19.8 Å². The molecule has 1 atom stereocenters. The van der Waals surface area contributed by atoms with Gasteiger partial charge in [0.2, 0.25) is 0 Å². The van der Waals surface area contributed by atoms with E-state index in [0.29, 0.717) is 6.04 Å². The van der Waals surface area contributed by atoms with E-state index in [-0.39, 0.29) is 5.54 Å². The van der Waals surface area contributed by atoms with E-state index in [1.54, 1.807) is 0 Å². The van der Waals surface area contributed by atoms with Crippen molar-refractivity contribution in [1.29, 1.82) is 0 Å². The smallest absolute Gasteiger partial charge is 0.0165 e. The SMILES string of the molecule is CCCCC(N)CNC(C)(C)C. The normalized spacial score (nSPS) is 14.8. The van der Waals surface area contributed by atoms with Crippen LogP contribution in [0.2, 0.25) is 0 Å². The second kappa shape index (κ2) is 5.55. The molecular formula is C10H24N2. The van der Waals surface area contributed by atoms with E-state index in [4.69, 9.17) is 5.73 Å². The third-order valence-corrected chi connectivity index (χ3v) is 1.82. The molecule has 0 aromatic rings. The highest BCUT2D eigenvalue weighted by Crippen LogP contribution is 2.01. The molecule has 0 amide bonds. The lowest BCUT2D eigenvalue weighted by atomic mass is 10.1. The van der Waals surface area contributed by atoms with Crippen LogP contribution in [-0.2, 0) is 0 Å². The van der Waals surface area contributed by atoms with E-state index in [0.717, 1.165) is 13.0 Å². The molecule has 3 N–H and O–H groups in total. The topological polar surface area (TPSA) is 38.0 Å². The lowest BCUT2D eigenvalue weighted by Crippen LogP contribution is -2.43. The first-order valence-corrected chi connectivity index (χ1v) is 4.96. The van der Waals surface area contributed by atoms with Crippen molar-refractivity contribution in [1.82, 2.24) is 5.32 Å². The molecule has 0 bridgehead atoms. The van der Waals surface area contributed by atoms with Crippen molar-refractivity contribution in [3.05, 3.63) is 0 Å². The highest BCUT2D eigenvalue weighted by atomic mass is 15.0. The Labute approximate surface area is 76.9 Å². The summed E-state index contributed by atoms with van der Waals surface area (Å²) in [5.41, 5.74) is 6.10. The largest absolute Gasteiger partial charge is 0.327 e. The Morgan fingerprint density at radius 3 is 2.33 bits per heavy atom. The monoisotopic (exact) mass is 172 g/mol. The predicted octanol–water partition coefficient (Wildman–Crippen LogP) is 1.89. The summed E-state index contributed by atoms with van der Waals surface area (Å²) in [6.45, 7) is 9.63. The van der Waals surface area contributed by atoms with Gasteiger partial charge in [0.1, 0.15) is 0 Å². The quantitative estimate of drug-likeness (QED) is 0.664. The van der Waals surface area contributed by atoms with Crippen molar-refractivity contribution in [2.75, 3.05) is 6.54 Å². The molecule has 0 aliphatic carbocycles. The number of unbranched alkanes of at least 4 members (excludes halogenated alkanes) is 1. The van der Waals surface area contributed by atoms with Crippen LogP contribution in [0.5, 0.6) is 0 Å². The molecule has 0 aromatic heterocycles. The van der Waals surface area contributed by atoms with Crippen LogP contribution in [0.15, 0.2) is 0 Å². The molecular weight excluding hydrogens is 148 g/mol. The Kier molecular flexibility index (Phi) is 5.51. The Morgan fingerprint density at radius 1 is 1.33 bits per heavy atom. The van der Waals surface area contributed by atoms with Gasteiger partial charge in [0.05, 0.1) is 0 Å². The first kappa shape index (κ1) is 11.9. The second-order valence-corrected chi connectivity index (χ2v) is 4.53. The third kappa shape index (κ3) is 8.02. The Balaban J connectivity index is 3.37. The first-order chi connectivity index (χ1) is 5.45. The molecule has 1 unspecified atom stereocenters. The van der Waals surface area contributed by atoms with Crippen molar-refractivity contribution in [2.24, 2.45) is 5.73 Å². The van der Waals surface area contributed by atoms with Gasteiger partial charge in [-0.15, -0.1) is 0 Å². The van der Waals surface area contributed by atoms with Crippen molar-refractivity contribution in [2.45, 2.75) is 58.5 Å². The van der Waals surface area contributed by atoms with Crippen molar-refractivity contribution >= 4 is 0 Å². The van der Waals surface area contributed by atoms with Crippen LogP contribution in [0.3, 0.4) is 0 Å². The minimum absolute atomic E-state index is 0.198. The zero-order valence-corrected chi connectivity index (χ0v) is 8.98. The van der Waals surface area contributed by atoms with Gasteiger partial charge in [0.15, 0.2) is 0 Å².